The van der Waals surface area contributed by atoms with Crippen molar-refractivity contribution in [1.29, 1.82) is 5.26 Å². The molecule has 0 aliphatic carbocycles. The Morgan fingerprint density at radius 1 is 1.18 bits per heavy atom. The molecule has 1 N–H and O–H groups in total. The van der Waals surface area contributed by atoms with Crippen LogP contribution in [0.1, 0.15) is 48.8 Å². The zero-order chi connectivity index (χ0) is 23.8. The second kappa shape index (κ2) is 11.6. The number of aryl methyl sites for hydroxylation is 1. The van der Waals surface area contributed by atoms with Crippen LogP contribution in [-0.2, 0) is 28.9 Å². The molecule has 2 heterocycles. The normalized spacial score (nSPS) is 12.5. The minimum absolute atomic E-state index is 0.184. The number of nitrogens with one attached hydrogen (secondary N) is 1. The van der Waals surface area contributed by atoms with Crippen molar-refractivity contribution in [2.45, 2.75) is 46.6 Å². The summed E-state index contributed by atoms with van der Waals surface area (Å²) in [6.07, 6.45) is 0.912. The Kier molecular flexibility index (Phi) is 8.55. The Labute approximate surface area is 198 Å². The van der Waals surface area contributed by atoms with Crippen molar-refractivity contribution in [3.8, 4) is 17.6 Å². The van der Waals surface area contributed by atoms with Gasteiger partial charge in [0.05, 0.1) is 31.9 Å². The molecule has 2 amide bonds. The van der Waals surface area contributed by atoms with E-state index in [0.717, 1.165) is 16.0 Å². The predicted octanol–water partition coefficient (Wildman–Crippen LogP) is 4.50. The maximum absolute atomic E-state index is 12.7. The summed E-state index contributed by atoms with van der Waals surface area (Å²) in [5.74, 6) is 1.15. The van der Waals surface area contributed by atoms with Crippen molar-refractivity contribution in [2.24, 2.45) is 0 Å². The van der Waals surface area contributed by atoms with Crippen LogP contribution >= 0.6 is 11.3 Å². The number of rotatable bonds is 9. The minimum atomic E-state index is -0.361. The number of carbonyl (C=O) groups excluding carboxylic acids is 2. The van der Waals surface area contributed by atoms with E-state index in [-0.39, 0.29) is 18.4 Å². The van der Waals surface area contributed by atoms with Crippen LogP contribution in [-0.4, -0.2) is 43.3 Å². The fourth-order valence-electron chi connectivity index (χ4n) is 3.75. The van der Waals surface area contributed by atoms with Crippen LogP contribution < -0.4 is 14.8 Å². The van der Waals surface area contributed by atoms with Gasteiger partial charge >= 0.3 is 6.09 Å². The largest absolute Gasteiger partial charge is 0.490 e. The highest BCUT2D eigenvalue weighted by Crippen LogP contribution is 2.37. The third kappa shape index (κ3) is 5.76. The van der Waals surface area contributed by atoms with Gasteiger partial charge in [0, 0.05) is 17.8 Å². The fourth-order valence-corrected chi connectivity index (χ4v) is 4.98. The third-order valence-electron chi connectivity index (χ3n) is 5.22. The van der Waals surface area contributed by atoms with E-state index in [2.05, 4.69) is 11.4 Å². The van der Waals surface area contributed by atoms with E-state index in [9.17, 15) is 14.9 Å². The smallest absolute Gasteiger partial charge is 0.410 e. The first-order chi connectivity index (χ1) is 16.0. The lowest BCUT2D eigenvalue weighted by molar-refractivity contribution is -0.116. The Morgan fingerprint density at radius 2 is 1.97 bits per heavy atom. The molecule has 0 saturated carbocycles. The Hall–Kier alpha value is -3.25. The summed E-state index contributed by atoms with van der Waals surface area (Å²) in [7, 11) is 0. The topological polar surface area (TPSA) is 101 Å². The van der Waals surface area contributed by atoms with Crippen molar-refractivity contribution in [3.63, 3.8) is 0 Å². The summed E-state index contributed by atoms with van der Waals surface area (Å²) < 4.78 is 16.5. The molecule has 0 spiro atoms. The van der Waals surface area contributed by atoms with E-state index < -0.39 is 0 Å². The molecule has 3 rings (SSSR count). The molecule has 2 aromatic rings. The van der Waals surface area contributed by atoms with Gasteiger partial charge in [0.25, 0.3) is 0 Å². The Bertz CT molecular complexity index is 1040. The molecule has 8 nitrogen and oxygen atoms in total. The molecule has 1 aliphatic rings. The molecular formula is C24H29N3O5S. The second-order valence-corrected chi connectivity index (χ2v) is 8.45. The predicted molar refractivity (Wildman–Crippen MR) is 126 cm³/mol. The number of hydrogen-bond acceptors (Lipinski definition) is 7. The number of carbonyl (C=O) groups is 2. The maximum atomic E-state index is 12.7. The molecule has 0 saturated heterocycles. The standard InChI is InChI=1S/C24H29N3O5S/c1-4-30-19-9-7-8-16(22(19)31-5-2)10-11-21(28)26-23-18(14-25)17-12-13-27(15-20(17)33-23)24(29)32-6-3/h7-9H,4-6,10-13,15H2,1-3H3,(H,26,28). The van der Waals surface area contributed by atoms with Gasteiger partial charge in [-0.3, -0.25) is 4.79 Å². The molecule has 33 heavy (non-hydrogen) atoms. The molecule has 0 atom stereocenters. The molecule has 9 heteroatoms. The van der Waals surface area contributed by atoms with Crippen molar-refractivity contribution in [2.75, 3.05) is 31.7 Å². The third-order valence-corrected chi connectivity index (χ3v) is 6.35. The summed E-state index contributed by atoms with van der Waals surface area (Å²) in [5, 5.41) is 13.1. The van der Waals surface area contributed by atoms with Gasteiger partial charge in [-0.2, -0.15) is 5.26 Å². The van der Waals surface area contributed by atoms with Gasteiger partial charge < -0.3 is 24.4 Å². The lowest BCUT2D eigenvalue weighted by Gasteiger charge is -2.25. The number of anilines is 1. The first kappa shape index (κ1) is 24.4. The molecule has 0 radical (unpaired) electrons. The highest BCUT2D eigenvalue weighted by molar-refractivity contribution is 7.16. The van der Waals surface area contributed by atoms with Crippen molar-refractivity contribution in [1.82, 2.24) is 4.90 Å². The molecular weight excluding hydrogens is 442 g/mol. The van der Waals surface area contributed by atoms with E-state index in [1.807, 2.05) is 32.0 Å². The van der Waals surface area contributed by atoms with Crippen LogP contribution in [0.5, 0.6) is 11.5 Å². The summed E-state index contributed by atoms with van der Waals surface area (Å²) in [4.78, 5) is 27.3. The van der Waals surface area contributed by atoms with Gasteiger partial charge in [-0.05, 0) is 50.8 Å². The number of para-hydroxylation sites is 1. The molecule has 1 aromatic heterocycles. The first-order valence-electron chi connectivity index (χ1n) is 11.2. The van der Waals surface area contributed by atoms with E-state index in [1.165, 1.54) is 11.3 Å². The van der Waals surface area contributed by atoms with Crippen LogP contribution in [0.25, 0.3) is 0 Å². The van der Waals surface area contributed by atoms with Gasteiger partial charge in [-0.25, -0.2) is 4.79 Å². The van der Waals surface area contributed by atoms with Crippen LogP contribution in [0.2, 0.25) is 0 Å². The highest BCUT2D eigenvalue weighted by atomic mass is 32.1. The van der Waals surface area contributed by atoms with Crippen LogP contribution in [0, 0.1) is 11.3 Å². The monoisotopic (exact) mass is 471 g/mol. The number of hydrogen-bond donors (Lipinski definition) is 1. The number of ether oxygens (including phenoxy) is 3. The number of thiophene rings is 1. The average Bonchev–Trinajstić information content (AvgIpc) is 3.15. The number of amides is 2. The van der Waals surface area contributed by atoms with E-state index >= 15 is 0 Å². The SMILES string of the molecule is CCOC(=O)N1CCc2c(sc(NC(=O)CCc3cccc(OCC)c3OCC)c2C#N)C1. The molecule has 0 unspecified atom stereocenters. The van der Waals surface area contributed by atoms with Gasteiger partial charge in [0.15, 0.2) is 11.5 Å². The minimum Gasteiger partial charge on any atom is -0.490 e. The Balaban J connectivity index is 1.69. The summed E-state index contributed by atoms with van der Waals surface area (Å²) in [6.45, 7) is 7.79. The zero-order valence-corrected chi connectivity index (χ0v) is 20.0. The zero-order valence-electron chi connectivity index (χ0n) is 19.2. The maximum Gasteiger partial charge on any atom is 0.410 e. The van der Waals surface area contributed by atoms with E-state index in [0.29, 0.717) is 67.8 Å². The van der Waals surface area contributed by atoms with Gasteiger partial charge in [0.1, 0.15) is 11.1 Å². The molecule has 176 valence electrons. The first-order valence-corrected chi connectivity index (χ1v) is 12.0. The molecule has 0 fully saturated rings. The van der Waals surface area contributed by atoms with Crippen LogP contribution in [0.15, 0.2) is 18.2 Å². The number of nitriles is 1. The quantitative estimate of drug-likeness (QED) is 0.578. The summed E-state index contributed by atoms with van der Waals surface area (Å²) in [5.41, 5.74) is 2.29. The van der Waals surface area contributed by atoms with Crippen molar-refractivity contribution in [3.05, 3.63) is 39.8 Å². The highest BCUT2D eigenvalue weighted by Gasteiger charge is 2.28. The summed E-state index contributed by atoms with van der Waals surface area (Å²) >= 11 is 1.35. The molecule has 1 aromatic carbocycles. The van der Waals surface area contributed by atoms with Crippen LogP contribution in [0.4, 0.5) is 9.80 Å². The van der Waals surface area contributed by atoms with Gasteiger partial charge in [-0.15, -0.1) is 11.3 Å². The Morgan fingerprint density at radius 3 is 2.67 bits per heavy atom. The summed E-state index contributed by atoms with van der Waals surface area (Å²) in [6, 6.07) is 7.89. The number of fused-ring (bicyclic) bond motifs is 1. The van der Waals surface area contributed by atoms with Crippen molar-refractivity contribution < 1.29 is 23.8 Å². The second-order valence-electron chi connectivity index (χ2n) is 7.35. The molecule has 0 bridgehead atoms. The molecule has 1 aliphatic heterocycles. The van der Waals surface area contributed by atoms with E-state index in [1.54, 1.807) is 11.8 Å². The van der Waals surface area contributed by atoms with Crippen molar-refractivity contribution >= 4 is 28.3 Å². The lowest BCUT2D eigenvalue weighted by atomic mass is 10.0. The van der Waals surface area contributed by atoms with E-state index in [4.69, 9.17) is 14.2 Å². The number of nitrogens with zero attached hydrogens (tertiary/aromatic N) is 2. The van der Waals surface area contributed by atoms with Crippen LogP contribution in [0.3, 0.4) is 0 Å². The van der Waals surface area contributed by atoms with Gasteiger partial charge in [-0.1, -0.05) is 12.1 Å². The van der Waals surface area contributed by atoms with Gasteiger partial charge in [0.2, 0.25) is 5.91 Å². The lowest BCUT2D eigenvalue weighted by Crippen LogP contribution is -2.35. The fraction of sp³-hybridized carbons (Fsp3) is 0.458. The number of benzene rings is 1. The average molecular weight is 472 g/mol.